The second-order valence-electron chi connectivity index (χ2n) is 4.67. The van der Waals surface area contributed by atoms with Crippen LogP contribution in [0.4, 0.5) is 0 Å². The van der Waals surface area contributed by atoms with E-state index in [1.165, 1.54) is 12.1 Å². The zero-order chi connectivity index (χ0) is 15.2. The second-order valence-corrected chi connectivity index (χ2v) is 7.09. The van der Waals surface area contributed by atoms with E-state index in [4.69, 9.17) is 11.6 Å². The lowest BCUT2D eigenvalue weighted by Crippen LogP contribution is -1.97. The van der Waals surface area contributed by atoms with Crippen molar-refractivity contribution in [1.82, 2.24) is 9.97 Å². The zero-order valence-electron chi connectivity index (χ0n) is 11.0. The Labute approximate surface area is 126 Å². The average molecular weight is 323 g/mol. The molecule has 0 amide bonds. The molecule has 7 heteroatoms. The van der Waals surface area contributed by atoms with E-state index in [2.05, 4.69) is 9.97 Å². The number of halogens is 1. The summed E-state index contributed by atoms with van der Waals surface area (Å²) in [4.78, 5) is 7.44. The maximum absolute atomic E-state index is 11.8. The number of imidazole rings is 1. The molecule has 1 heterocycles. The third kappa shape index (κ3) is 2.48. The summed E-state index contributed by atoms with van der Waals surface area (Å²) in [5, 5.41) is 10.4. The highest BCUT2D eigenvalue weighted by molar-refractivity contribution is 7.91. The molecule has 0 atom stereocenters. The van der Waals surface area contributed by atoms with Crippen LogP contribution in [0.1, 0.15) is 0 Å². The van der Waals surface area contributed by atoms with Crippen LogP contribution < -0.4 is 0 Å². The number of phenols is 1. The summed E-state index contributed by atoms with van der Waals surface area (Å²) >= 11 is 5.92. The number of nitrogens with one attached hydrogen (secondary N) is 1. The van der Waals surface area contributed by atoms with Crippen LogP contribution in [-0.4, -0.2) is 29.7 Å². The summed E-state index contributed by atoms with van der Waals surface area (Å²) in [7, 11) is -3.39. The smallest absolute Gasteiger partial charge is 0.177 e. The van der Waals surface area contributed by atoms with Gasteiger partial charge in [-0.1, -0.05) is 17.7 Å². The topological polar surface area (TPSA) is 83.0 Å². The molecule has 0 unspecified atom stereocenters. The van der Waals surface area contributed by atoms with Gasteiger partial charge in [-0.2, -0.15) is 0 Å². The van der Waals surface area contributed by atoms with Gasteiger partial charge in [0.25, 0.3) is 0 Å². The van der Waals surface area contributed by atoms with Crippen LogP contribution >= 0.6 is 11.6 Å². The summed E-state index contributed by atoms with van der Waals surface area (Å²) in [6, 6.07) is 9.45. The number of hydrogen-bond donors (Lipinski definition) is 2. The van der Waals surface area contributed by atoms with E-state index in [-0.39, 0.29) is 10.6 Å². The van der Waals surface area contributed by atoms with Gasteiger partial charge in [0.2, 0.25) is 0 Å². The first-order valence-electron chi connectivity index (χ1n) is 6.04. The van der Waals surface area contributed by atoms with Gasteiger partial charge < -0.3 is 10.1 Å². The Bertz CT molecular complexity index is 948. The molecule has 0 spiro atoms. The molecule has 0 aliphatic carbocycles. The predicted molar refractivity (Wildman–Crippen MR) is 81.3 cm³/mol. The molecule has 2 aromatic carbocycles. The van der Waals surface area contributed by atoms with Crippen LogP contribution in [-0.2, 0) is 9.84 Å². The highest BCUT2D eigenvalue weighted by atomic mass is 35.5. The lowest BCUT2D eigenvalue weighted by molar-refractivity contribution is 0.477. The summed E-state index contributed by atoms with van der Waals surface area (Å²) < 4.78 is 23.6. The van der Waals surface area contributed by atoms with E-state index >= 15 is 0 Å². The van der Waals surface area contributed by atoms with E-state index in [1.54, 1.807) is 24.3 Å². The lowest BCUT2D eigenvalue weighted by Gasteiger charge is -2.01. The first-order chi connectivity index (χ1) is 9.86. The molecular weight excluding hydrogens is 312 g/mol. The normalized spacial score (nSPS) is 11.9. The van der Waals surface area contributed by atoms with Crippen molar-refractivity contribution in [2.24, 2.45) is 0 Å². The molecule has 5 nitrogen and oxygen atoms in total. The number of aromatic nitrogens is 2. The fraction of sp³-hybridized carbons (Fsp3) is 0.0714. The summed E-state index contributed by atoms with van der Waals surface area (Å²) in [6.07, 6.45) is 1.13. The van der Waals surface area contributed by atoms with Crippen molar-refractivity contribution < 1.29 is 13.5 Å². The lowest BCUT2D eigenvalue weighted by atomic mass is 10.2. The molecule has 2 N–H and O–H groups in total. The number of fused-ring (bicyclic) bond motifs is 1. The van der Waals surface area contributed by atoms with Gasteiger partial charge in [-0.05, 0) is 30.3 Å². The van der Waals surface area contributed by atoms with E-state index in [9.17, 15) is 13.5 Å². The van der Waals surface area contributed by atoms with E-state index in [0.717, 1.165) is 6.26 Å². The molecular formula is C14H11ClN2O3S. The summed E-state index contributed by atoms with van der Waals surface area (Å²) in [6.45, 7) is 0. The van der Waals surface area contributed by atoms with Gasteiger partial charge in [-0.15, -0.1) is 0 Å². The maximum Gasteiger partial charge on any atom is 0.177 e. The minimum atomic E-state index is -3.39. The quantitative estimate of drug-likeness (QED) is 0.759. The molecule has 3 rings (SSSR count). The SMILES string of the molecule is CS(=O)(=O)c1cccc2[nH]c(-c3cc(Cl)ccc3O)nc12. The van der Waals surface area contributed by atoms with Crippen LogP contribution in [0.25, 0.3) is 22.4 Å². The Morgan fingerprint density at radius 1 is 1.24 bits per heavy atom. The predicted octanol–water partition coefficient (Wildman–Crippen LogP) is 2.99. The molecule has 0 aliphatic heterocycles. The van der Waals surface area contributed by atoms with Crippen molar-refractivity contribution in [1.29, 1.82) is 0 Å². The molecule has 0 fully saturated rings. The van der Waals surface area contributed by atoms with Gasteiger partial charge in [-0.25, -0.2) is 13.4 Å². The monoisotopic (exact) mass is 322 g/mol. The number of aromatic hydroxyl groups is 1. The first-order valence-corrected chi connectivity index (χ1v) is 8.31. The minimum Gasteiger partial charge on any atom is -0.507 e. The van der Waals surface area contributed by atoms with Crippen LogP contribution in [0.5, 0.6) is 5.75 Å². The average Bonchev–Trinajstić information content (AvgIpc) is 2.83. The van der Waals surface area contributed by atoms with Crippen LogP contribution in [0.3, 0.4) is 0 Å². The number of benzene rings is 2. The molecule has 21 heavy (non-hydrogen) atoms. The highest BCUT2D eigenvalue weighted by Gasteiger charge is 2.17. The van der Waals surface area contributed by atoms with Crippen molar-refractivity contribution in [2.75, 3.05) is 6.26 Å². The van der Waals surface area contributed by atoms with Crippen molar-refractivity contribution in [3.63, 3.8) is 0 Å². The Kier molecular flexibility index (Phi) is 3.15. The Morgan fingerprint density at radius 3 is 2.71 bits per heavy atom. The van der Waals surface area contributed by atoms with E-state index < -0.39 is 9.84 Å². The van der Waals surface area contributed by atoms with E-state index in [1.807, 2.05) is 0 Å². The zero-order valence-corrected chi connectivity index (χ0v) is 12.5. The molecule has 3 aromatic rings. The standard InChI is InChI=1S/C14H11ClN2O3S/c1-21(19,20)12-4-2-3-10-13(12)17-14(16-10)9-7-8(15)5-6-11(9)18/h2-7,18H,1H3,(H,16,17). The fourth-order valence-electron chi connectivity index (χ4n) is 2.13. The van der Waals surface area contributed by atoms with E-state index in [0.29, 0.717) is 27.4 Å². The van der Waals surface area contributed by atoms with Gasteiger partial charge in [0.05, 0.1) is 16.0 Å². The van der Waals surface area contributed by atoms with Crippen LogP contribution in [0.15, 0.2) is 41.3 Å². The molecule has 108 valence electrons. The fourth-order valence-corrected chi connectivity index (χ4v) is 3.14. The van der Waals surface area contributed by atoms with Gasteiger partial charge in [0.1, 0.15) is 17.1 Å². The van der Waals surface area contributed by atoms with Gasteiger partial charge >= 0.3 is 0 Å². The number of aromatic amines is 1. The van der Waals surface area contributed by atoms with Crippen molar-refractivity contribution in [3.05, 3.63) is 41.4 Å². The third-order valence-electron chi connectivity index (χ3n) is 3.09. The van der Waals surface area contributed by atoms with Gasteiger partial charge in [0.15, 0.2) is 9.84 Å². The van der Waals surface area contributed by atoms with Crippen molar-refractivity contribution in [2.45, 2.75) is 4.90 Å². The number of hydrogen-bond acceptors (Lipinski definition) is 4. The molecule has 0 saturated carbocycles. The van der Waals surface area contributed by atoms with Gasteiger partial charge in [-0.3, -0.25) is 0 Å². The number of rotatable bonds is 2. The van der Waals surface area contributed by atoms with Crippen LogP contribution in [0, 0.1) is 0 Å². The third-order valence-corrected chi connectivity index (χ3v) is 4.45. The molecule has 1 aromatic heterocycles. The summed E-state index contributed by atoms with van der Waals surface area (Å²) in [5.41, 5.74) is 1.33. The molecule has 0 aliphatic rings. The second kappa shape index (κ2) is 4.75. The van der Waals surface area contributed by atoms with Crippen LogP contribution in [0.2, 0.25) is 5.02 Å². The highest BCUT2D eigenvalue weighted by Crippen LogP contribution is 2.32. The number of nitrogens with zero attached hydrogens (tertiary/aromatic N) is 1. The first kappa shape index (κ1) is 13.9. The molecule has 0 saturated heterocycles. The Hall–Kier alpha value is -2.05. The number of sulfone groups is 1. The Morgan fingerprint density at radius 2 is 2.00 bits per heavy atom. The molecule has 0 radical (unpaired) electrons. The Balaban J connectivity index is 2.30. The number of phenolic OH excluding ortho intramolecular Hbond substituents is 1. The molecule has 0 bridgehead atoms. The summed E-state index contributed by atoms with van der Waals surface area (Å²) in [5.74, 6) is 0.375. The van der Waals surface area contributed by atoms with Crippen molar-refractivity contribution in [3.8, 4) is 17.1 Å². The van der Waals surface area contributed by atoms with Gasteiger partial charge in [0, 0.05) is 11.3 Å². The minimum absolute atomic E-state index is 0.0133. The maximum atomic E-state index is 11.8. The largest absolute Gasteiger partial charge is 0.507 e. The number of H-pyrrole nitrogens is 1. The van der Waals surface area contributed by atoms with Crippen molar-refractivity contribution >= 4 is 32.5 Å². The number of para-hydroxylation sites is 1.